The molecular formula is C15H23NO2. The maximum Gasteiger partial charge on any atom is 0.126 e. The molecule has 3 heteroatoms. The molecule has 0 unspecified atom stereocenters. The Hall–Kier alpha value is -1.48. The molecular weight excluding hydrogens is 226 g/mol. The van der Waals surface area contributed by atoms with Crippen LogP contribution in [0.15, 0.2) is 30.9 Å². The molecule has 3 nitrogen and oxygen atoms in total. The molecule has 0 radical (unpaired) electrons. The van der Waals surface area contributed by atoms with E-state index in [1.54, 1.807) is 14.0 Å². The van der Waals surface area contributed by atoms with Crippen molar-refractivity contribution in [1.29, 1.82) is 0 Å². The molecule has 0 aliphatic carbocycles. The lowest BCUT2D eigenvalue weighted by molar-refractivity contribution is 0.194. The molecule has 0 aliphatic rings. The van der Waals surface area contributed by atoms with E-state index in [9.17, 15) is 5.11 Å². The van der Waals surface area contributed by atoms with Gasteiger partial charge in [0.05, 0.1) is 13.2 Å². The maximum atomic E-state index is 9.91. The van der Waals surface area contributed by atoms with Gasteiger partial charge in [-0.3, -0.25) is 0 Å². The fraction of sp³-hybridized carbons (Fsp3) is 0.467. The Morgan fingerprint density at radius 1 is 1.50 bits per heavy atom. The molecule has 1 aromatic carbocycles. The normalized spacial score (nSPS) is 12.0. The van der Waals surface area contributed by atoms with Crippen molar-refractivity contribution in [1.82, 2.24) is 0 Å². The number of aliphatic hydroxyl groups excluding tert-OH is 1. The molecule has 0 saturated heterocycles. The second-order valence-electron chi connectivity index (χ2n) is 4.42. The lowest BCUT2D eigenvalue weighted by Crippen LogP contribution is -2.20. The van der Waals surface area contributed by atoms with Gasteiger partial charge in [0.25, 0.3) is 0 Å². The third kappa shape index (κ3) is 3.50. The number of anilines is 1. The van der Waals surface area contributed by atoms with E-state index in [0.717, 1.165) is 36.4 Å². The summed E-state index contributed by atoms with van der Waals surface area (Å²) in [4.78, 5) is 2.15. The van der Waals surface area contributed by atoms with Gasteiger partial charge in [-0.15, -0.1) is 6.58 Å². The van der Waals surface area contributed by atoms with Gasteiger partial charge in [-0.25, -0.2) is 0 Å². The Bertz CT molecular complexity index is 388. The van der Waals surface area contributed by atoms with Crippen LogP contribution in [0, 0.1) is 0 Å². The first-order chi connectivity index (χ1) is 8.61. The largest absolute Gasteiger partial charge is 0.496 e. The van der Waals surface area contributed by atoms with Crippen LogP contribution in [0.25, 0.3) is 0 Å². The Morgan fingerprint density at radius 3 is 2.78 bits per heavy atom. The topological polar surface area (TPSA) is 32.7 Å². The van der Waals surface area contributed by atoms with E-state index in [-0.39, 0.29) is 0 Å². The summed E-state index contributed by atoms with van der Waals surface area (Å²) < 4.78 is 5.32. The highest BCUT2D eigenvalue weighted by atomic mass is 16.5. The Labute approximate surface area is 110 Å². The van der Waals surface area contributed by atoms with Gasteiger partial charge in [0, 0.05) is 24.8 Å². The smallest absolute Gasteiger partial charge is 0.126 e. The van der Waals surface area contributed by atoms with Crippen LogP contribution in [0.4, 0.5) is 5.69 Å². The predicted molar refractivity (Wildman–Crippen MR) is 76.3 cm³/mol. The van der Waals surface area contributed by atoms with E-state index in [2.05, 4.69) is 11.5 Å². The molecule has 0 heterocycles. The van der Waals surface area contributed by atoms with Crippen LogP contribution in [0.2, 0.25) is 0 Å². The van der Waals surface area contributed by atoms with Crippen LogP contribution in [0.5, 0.6) is 5.75 Å². The number of benzene rings is 1. The molecule has 0 amide bonds. The maximum absolute atomic E-state index is 9.91. The van der Waals surface area contributed by atoms with Gasteiger partial charge in [-0.05, 0) is 31.9 Å². The summed E-state index contributed by atoms with van der Waals surface area (Å²) in [6.45, 7) is 6.42. The van der Waals surface area contributed by atoms with Crippen molar-refractivity contribution in [3.8, 4) is 5.75 Å². The number of hydrogen-bond donors (Lipinski definition) is 1. The summed E-state index contributed by atoms with van der Waals surface area (Å²) in [6.07, 6.45) is 3.43. The number of allylic oxidation sites excluding steroid dienone is 1. The molecule has 100 valence electrons. The van der Waals surface area contributed by atoms with E-state index >= 15 is 0 Å². The highest BCUT2D eigenvalue weighted by Crippen LogP contribution is 2.34. The van der Waals surface area contributed by atoms with Gasteiger partial charge in [0.1, 0.15) is 5.75 Å². The predicted octanol–water partition coefficient (Wildman–Crippen LogP) is 3.15. The minimum absolute atomic E-state index is 0.544. The van der Waals surface area contributed by atoms with Crippen molar-refractivity contribution in [3.63, 3.8) is 0 Å². The molecule has 0 bridgehead atoms. The van der Waals surface area contributed by atoms with E-state index in [4.69, 9.17) is 4.74 Å². The quantitative estimate of drug-likeness (QED) is 0.595. The third-order valence-electron chi connectivity index (χ3n) is 2.99. The zero-order valence-corrected chi connectivity index (χ0v) is 11.5. The molecule has 1 rings (SSSR count). The number of unbranched alkanes of at least 4 members (excludes halogenated alkanes) is 1. The summed E-state index contributed by atoms with van der Waals surface area (Å²) >= 11 is 0. The fourth-order valence-corrected chi connectivity index (χ4v) is 2.06. The number of hydrogen-bond acceptors (Lipinski definition) is 3. The number of nitrogens with zero attached hydrogens (tertiary/aromatic N) is 1. The summed E-state index contributed by atoms with van der Waals surface area (Å²) in [7, 11) is 3.66. The van der Waals surface area contributed by atoms with Crippen LogP contribution in [-0.2, 0) is 0 Å². The summed E-state index contributed by atoms with van der Waals surface area (Å²) in [5, 5.41) is 9.91. The SMILES string of the molecule is C=CCCCN(C)c1cccc(OC)c1[C@@H](C)O. The van der Waals surface area contributed by atoms with E-state index in [1.165, 1.54) is 0 Å². The second-order valence-corrected chi connectivity index (χ2v) is 4.42. The minimum Gasteiger partial charge on any atom is -0.496 e. The number of ether oxygens (including phenoxy) is 1. The van der Waals surface area contributed by atoms with Crippen molar-refractivity contribution in [2.45, 2.75) is 25.9 Å². The van der Waals surface area contributed by atoms with Crippen molar-refractivity contribution < 1.29 is 9.84 Å². The van der Waals surface area contributed by atoms with Crippen molar-refractivity contribution in [2.24, 2.45) is 0 Å². The Balaban J connectivity index is 2.95. The molecule has 18 heavy (non-hydrogen) atoms. The average molecular weight is 249 g/mol. The van der Waals surface area contributed by atoms with E-state index in [0.29, 0.717) is 0 Å². The van der Waals surface area contributed by atoms with Crippen molar-refractivity contribution in [3.05, 3.63) is 36.4 Å². The molecule has 1 N–H and O–H groups in total. The monoisotopic (exact) mass is 249 g/mol. The summed E-state index contributed by atoms with van der Waals surface area (Å²) in [5.41, 5.74) is 1.87. The second kappa shape index (κ2) is 7.07. The van der Waals surface area contributed by atoms with Crippen LogP contribution < -0.4 is 9.64 Å². The molecule has 0 saturated carbocycles. The molecule has 1 aromatic rings. The van der Waals surface area contributed by atoms with Crippen LogP contribution in [0.3, 0.4) is 0 Å². The summed E-state index contributed by atoms with van der Waals surface area (Å²) in [5.74, 6) is 0.734. The first kappa shape index (κ1) is 14.6. The number of aliphatic hydroxyl groups is 1. The zero-order chi connectivity index (χ0) is 13.5. The van der Waals surface area contributed by atoms with Gasteiger partial charge in [-0.2, -0.15) is 0 Å². The first-order valence-electron chi connectivity index (χ1n) is 6.28. The lowest BCUT2D eigenvalue weighted by atomic mass is 10.1. The number of methoxy groups -OCH3 is 1. The van der Waals surface area contributed by atoms with Crippen molar-refractivity contribution in [2.75, 3.05) is 25.6 Å². The average Bonchev–Trinajstić information content (AvgIpc) is 2.37. The van der Waals surface area contributed by atoms with E-state index < -0.39 is 6.10 Å². The lowest BCUT2D eigenvalue weighted by Gasteiger charge is -2.25. The van der Waals surface area contributed by atoms with Gasteiger partial charge in [-0.1, -0.05) is 12.1 Å². The minimum atomic E-state index is -0.544. The standard InChI is InChI=1S/C15H23NO2/c1-5-6-7-11-16(3)13-9-8-10-14(18-4)15(13)12(2)17/h5,8-10,12,17H,1,6-7,11H2,2-4H3/t12-/m1/s1. The van der Waals surface area contributed by atoms with Gasteiger partial charge >= 0.3 is 0 Å². The first-order valence-corrected chi connectivity index (χ1v) is 6.28. The highest BCUT2D eigenvalue weighted by Gasteiger charge is 2.16. The number of rotatable bonds is 7. The summed E-state index contributed by atoms with van der Waals surface area (Å²) in [6, 6.07) is 5.84. The van der Waals surface area contributed by atoms with Crippen LogP contribution >= 0.6 is 0 Å². The molecule has 0 aliphatic heterocycles. The molecule has 0 fully saturated rings. The third-order valence-corrected chi connectivity index (χ3v) is 2.99. The van der Waals surface area contributed by atoms with Crippen LogP contribution in [-0.4, -0.2) is 25.8 Å². The molecule has 1 atom stereocenters. The zero-order valence-electron chi connectivity index (χ0n) is 11.5. The Morgan fingerprint density at radius 2 is 2.22 bits per heavy atom. The van der Waals surface area contributed by atoms with E-state index in [1.807, 2.05) is 31.3 Å². The van der Waals surface area contributed by atoms with Crippen LogP contribution in [0.1, 0.15) is 31.4 Å². The van der Waals surface area contributed by atoms with Gasteiger partial charge < -0.3 is 14.7 Å². The molecule has 0 spiro atoms. The molecule has 0 aromatic heterocycles. The van der Waals surface area contributed by atoms with Gasteiger partial charge in [0.2, 0.25) is 0 Å². The highest BCUT2D eigenvalue weighted by molar-refractivity contribution is 5.60. The fourth-order valence-electron chi connectivity index (χ4n) is 2.06. The Kier molecular flexibility index (Phi) is 5.72. The van der Waals surface area contributed by atoms with Crippen molar-refractivity contribution >= 4 is 5.69 Å². The van der Waals surface area contributed by atoms with Gasteiger partial charge in [0.15, 0.2) is 0 Å².